The molecule has 6 heteroatoms. The minimum absolute atomic E-state index is 0.0588. The summed E-state index contributed by atoms with van der Waals surface area (Å²) in [7, 11) is 0. The Kier molecular flexibility index (Phi) is 4.83. The zero-order valence-corrected chi connectivity index (χ0v) is 14.2. The van der Waals surface area contributed by atoms with E-state index in [2.05, 4.69) is 10.2 Å². The van der Waals surface area contributed by atoms with Crippen LogP contribution in [-0.4, -0.2) is 21.0 Å². The Morgan fingerprint density at radius 3 is 2.74 bits per heavy atom. The van der Waals surface area contributed by atoms with Crippen LogP contribution < -0.4 is 0 Å². The van der Waals surface area contributed by atoms with Crippen molar-refractivity contribution >= 4 is 40.0 Å². The summed E-state index contributed by atoms with van der Waals surface area (Å²) < 4.78 is 0. The van der Waals surface area contributed by atoms with Gasteiger partial charge < -0.3 is 0 Å². The maximum absolute atomic E-state index is 12.5. The van der Waals surface area contributed by atoms with Gasteiger partial charge in [0.15, 0.2) is 5.78 Å². The highest BCUT2D eigenvalue weighted by Gasteiger charge is 2.38. The number of aromatic nitrogens is 2. The third-order valence-electron chi connectivity index (χ3n) is 3.35. The first-order chi connectivity index (χ1) is 11.2. The zero-order valence-electron chi connectivity index (χ0n) is 12.5. The highest BCUT2D eigenvalue weighted by Crippen LogP contribution is 2.40. The molecule has 1 aliphatic heterocycles. The van der Waals surface area contributed by atoms with Crippen LogP contribution in [0.15, 0.2) is 47.4 Å². The molecule has 1 aromatic carbocycles. The molecule has 1 aromatic heterocycles. The number of Topliss-reactive ketones (excluding diaryl/α,β-unsaturated/α-hetero) is 1. The van der Waals surface area contributed by atoms with E-state index >= 15 is 0 Å². The number of nitrogens with zero attached hydrogens (tertiary/aromatic N) is 2. The maximum atomic E-state index is 12.5. The number of benzene rings is 1. The molecular formula is C17H15N3OS2. The van der Waals surface area contributed by atoms with E-state index in [4.69, 9.17) is 5.41 Å². The smallest absolute Gasteiger partial charge is 0.186 e. The van der Waals surface area contributed by atoms with Crippen LogP contribution in [0.5, 0.6) is 0 Å². The highest BCUT2D eigenvalue weighted by molar-refractivity contribution is 8.18. The third kappa shape index (κ3) is 3.48. The Hall–Kier alpha value is -2.05. The summed E-state index contributed by atoms with van der Waals surface area (Å²) >= 11 is 2.63. The monoisotopic (exact) mass is 341 g/mol. The quantitative estimate of drug-likeness (QED) is 0.851. The average Bonchev–Trinajstić information content (AvgIpc) is 3.13. The van der Waals surface area contributed by atoms with Crippen molar-refractivity contribution in [3.63, 3.8) is 0 Å². The number of aryl methyl sites for hydroxylation is 1. The predicted molar refractivity (Wildman–Crippen MR) is 95.9 cm³/mol. The number of hydrogen-bond donors (Lipinski definition) is 1. The van der Waals surface area contributed by atoms with Gasteiger partial charge in [-0.3, -0.25) is 10.2 Å². The third-order valence-corrected chi connectivity index (χ3v) is 5.50. The van der Waals surface area contributed by atoms with Gasteiger partial charge in [0.25, 0.3) is 0 Å². The summed E-state index contributed by atoms with van der Waals surface area (Å²) in [4.78, 5) is 13.1. The molecule has 0 bridgehead atoms. The Labute approximate surface area is 142 Å². The van der Waals surface area contributed by atoms with Crippen molar-refractivity contribution in [2.24, 2.45) is 0 Å². The van der Waals surface area contributed by atoms with E-state index in [-0.39, 0.29) is 5.78 Å². The molecule has 4 nitrogen and oxygen atoms in total. The van der Waals surface area contributed by atoms with Crippen molar-refractivity contribution in [1.29, 1.82) is 5.41 Å². The van der Waals surface area contributed by atoms with Gasteiger partial charge in [0.05, 0.1) is 9.95 Å². The first-order valence-electron chi connectivity index (χ1n) is 7.25. The van der Waals surface area contributed by atoms with Crippen LogP contribution >= 0.6 is 23.1 Å². The lowest BCUT2D eigenvalue weighted by Crippen LogP contribution is -2.11. The van der Waals surface area contributed by atoms with Crippen LogP contribution in [0.1, 0.15) is 28.4 Å². The van der Waals surface area contributed by atoms with Gasteiger partial charge in [-0.25, -0.2) is 0 Å². The standard InChI is InChI=1S/C17H15N3OS2/c1-2-13-19-20-17(23-13)14-15(21)12(22-16(14)18)10-6-9-11-7-4-3-5-8-11/h3-10,14,18H,2H2,1H3/b9-6+,12-10-,18-16?/t14-/m0/s1. The first kappa shape index (κ1) is 15.8. The fourth-order valence-corrected chi connectivity index (χ4v) is 4.07. The van der Waals surface area contributed by atoms with Gasteiger partial charge in [-0.15, -0.1) is 21.5 Å². The molecule has 0 spiro atoms. The number of allylic oxidation sites excluding steroid dienone is 3. The van der Waals surface area contributed by atoms with Crippen molar-refractivity contribution in [2.45, 2.75) is 19.3 Å². The summed E-state index contributed by atoms with van der Waals surface area (Å²) in [6.07, 6.45) is 6.36. The molecule has 0 radical (unpaired) electrons. The van der Waals surface area contributed by atoms with Crippen LogP contribution in [0, 0.1) is 5.41 Å². The molecule has 116 valence electrons. The molecule has 1 saturated heterocycles. The number of nitrogens with one attached hydrogen (secondary N) is 1. The molecular weight excluding hydrogens is 326 g/mol. The molecule has 1 fully saturated rings. The molecule has 0 aliphatic carbocycles. The average molecular weight is 341 g/mol. The molecule has 2 aromatic rings. The first-order valence-corrected chi connectivity index (χ1v) is 8.88. The van der Waals surface area contributed by atoms with Gasteiger partial charge >= 0.3 is 0 Å². The van der Waals surface area contributed by atoms with Crippen LogP contribution in [0.25, 0.3) is 6.08 Å². The largest absolute Gasteiger partial charge is 0.297 e. The number of carbonyl (C=O) groups is 1. The topological polar surface area (TPSA) is 66.7 Å². The summed E-state index contributed by atoms with van der Waals surface area (Å²) in [5, 5.41) is 18.1. The van der Waals surface area contributed by atoms with Crippen molar-refractivity contribution in [1.82, 2.24) is 10.2 Å². The summed E-state index contributed by atoms with van der Waals surface area (Å²) in [6.45, 7) is 2.00. The maximum Gasteiger partial charge on any atom is 0.186 e. The normalized spacial score (nSPS) is 20.0. The van der Waals surface area contributed by atoms with Gasteiger partial charge in [-0.05, 0) is 18.1 Å². The van der Waals surface area contributed by atoms with E-state index in [1.165, 1.54) is 23.1 Å². The van der Waals surface area contributed by atoms with E-state index < -0.39 is 5.92 Å². The van der Waals surface area contributed by atoms with Crippen molar-refractivity contribution in [3.8, 4) is 0 Å². The Morgan fingerprint density at radius 1 is 1.26 bits per heavy atom. The van der Waals surface area contributed by atoms with Gasteiger partial charge in [0, 0.05) is 0 Å². The Balaban J connectivity index is 1.78. The fraction of sp³-hybridized carbons (Fsp3) is 0.176. The Bertz CT molecular complexity index is 793. The molecule has 3 rings (SSSR count). The molecule has 0 unspecified atom stereocenters. The summed E-state index contributed by atoms with van der Waals surface area (Å²) in [5.41, 5.74) is 1.07. The summed E-state index contributed by atoms with van der Waals surface area (Å²) in [5.74, 6) is -0.634. The predicted octanol–water partition coefficient (Wildman–Crippen LogP) is 4.07. The Morgan fingerprint density at radius 2 is 2.04 bits per heavy atom. The van der Waals surface area contributed by atoms with E-state index in [1.807, 2.05) is 49.4 Å². The minimum Gasteiger partial charge on any atom is -0.297 e. The van der Waals surface area contributed by atoms with E-state index in [0.29, 0.717) is 15.0 Å². The lowest BCUT2D eigenvalue weighted by atomic mass is 10.1. The van der Waals surface area contributed by atoms with E-state index in [9.17, 15) is 4.79 Å². The van der Waals surface area contributed by atoms with Gasteiger partial charge in [0.2, 0.25) is 0 Å². The van der Waals surface area contributed by atoms with Crippen LogP contribution in [0.3, 0.4) is 0 Å². The molecule has 0 saturated carbocycles. The lowest BCUT2D eigenvalue weighted by Gasteiger charge is -2.00. The molecule has 1 atom stereocenters. The number of rotatable bonds is 4. The number of thioether (sulfide) groups is 1. The summed E-state index contributed by atoms with van der Waals surface area (Å²) in [6, 6.07) is 9.89. The number of carbonyl (C=O) groups excluding carboxylic acids is 1. The second-order valence-corrected chi connectivity index (χ2v) is 7.13. The van der Waals surface area contributed by atoms with E-state index in [0.717, 1.165) is 17.0 Å². The molecule has 2 heterocycles. The number of ketones is 1. The molecule has 23 heavy (non-hydrogen) atoms. The lowest BCUT2D eigenvalue weighted by molar-refractivity contribution is -0.114. The second-order valence-electron chi connectivity index (χ2n) is 4.95. The zero-order chi connectivity index (χ0) is 16.2. The second kappa shape index (κ2) is 7.02. The SMILES string of the molecule is CCc1nnc([C@@H]2C(=N)S/C(=C\C=C\c3ccccc3)C2=O)s1. The minimum atomic E-state index is -0.575. The van der Waals surface area contributed by atoms with Gasteiger partial charge in [0.1, 0.15) is 15.9 Å². The van der Waals surface area contributed by atoms with Crippen molar-refractivity contribution in [3.05, 3.63) is 63.0 Å². The molecule has 1 aliphatic rings. The van der Waals surface area contributed by atoms with Crippen molar-refractivity contribution in [2.75, 3.05) is 0 Å². The molecule has 1 N–H and O–H groups in total. The van der Waals surface area contributed by atoms with Gasteiger partial charge in [-0.1, -0.05) is 61.2 Å². The number of hydrogen-bond acceptors (Lipinski definition) is 6. The molecule has 0 amide bonds. The highest BCUT2D eigenvalue weighted by atomic mass is 32.2. The van der Waals surface area contributed by atoms with Crippen LogP contribution in [0.4, 0.5) is 0 Å². The van der Waals surface area contributed by atoms with Crippen LogP contribution in [0.2, 0.25) is 0 Å². The van der Waals surface area contributed by atoms with Gasteiger partial charge in [-0.2, -0.15) is 0 Å². The fourth-order valence-electron chi connectivity index (χ4n) is 2.17. The van der Waals surface area contributed by atoms with Crippen molar-refractivity contribution < 1.29 is 4.79 Å². The van der Waals surface area contributed by atoms with Crippen LogP contribution in [-0.2, 0) is 11.2 Å². The van der Waals surface area contributed by atoms with E-state index in [1.54, 1.807) is 6.08 Å².